The highest BCUT2D eigenvalue weighted by Crippen LogP contribution is 2.64. The van der Waals surface area contributed by atoms with E-state index < -0.39 is 17.8 Å². The predicted molar refractivity (Wildman–Crippen MR) is 135 cm³/mol. The Labute approximate surface area is 199 Å². The Balaban J connectivity index is 1.50. The van der Waals surface area contributed by atoms with Crippen LogP contribution in [0.4, 0.5) is 0 Å². The average molecular weight is 461 g/mol. The summed E-state index contributed by atoms with van der Waals surface area (Å²) in [6.45, 7) is 11.3. The second-order valence-corrected chi connectivity index (χ2v) is 12.9. The number of thioether (sulfide) groups is 1. The van der Waals surface area contributed by atoms with Gasteiger partial charge in [0.05, 0.1) is 17.8 Å². The third-order valence-corrected chi connectivity index (χ3v) is 11.2. The molecule has 0 bridgehead atoms. The predicted octanol–water partition coefficient (Wildman–Crippen LogP) is 5.80. The van der Waals surface area contributed by atoms with Gasteiger partial charge < -0.3 is 15.3 Å². The lowest BCUT2D eigenvalue weighted by molar-refractivity contribution is -0.0489. The van der Waals surface area contributed by atoms with Crippen LogP contribution in [0.2, 0.25) is 0 Å². The maximum atomic E-state index is 11.1. The van der Waals surface area contributed by atoms with E-state index in [9.17, 15) is 15.3 Å². The Kier molecular flexibility index (Phi) is 6.84. The normalized spacial score (nSPS) is 39.9. The molecule has 7 atom stereocenters. The lowest BCUT2D eigenvalue weighted by Crippen LogP contribution is -2.52. The third-order valence-electron chi connectivity index (χ3n) is 9.98. The molecule has 2 saturated carbocycles. The van der Waals surface area contributed by atoms with Crippen LogP contribution in [0.25, 0.3) is 0 Å². The number of rotatable bonds is 7. The number of allylic oxidation sites excluding steroid dienone is 4. The average Bonchev–Trinajstić information content (AvgIpc) is 3.12. The quantitative estimate of drug-likeness (QED) is 0.420. The van der Waals surface area contributed by atoms with Crippen molar-refractivity contribution in [2.24, 2.45) is 22.7 Å². The van der Waals surface area contributed by atoms with E-state index in [1.165, 1.54) is 17.6 Å². The second kappa shape index (κ2) is 8.91. The van der Waals surface area contributed by atoms with E-state index in [0.717, 1.165) is 37.9 Å². The Bertz CT molecular complexity index is 809. The summed E-state index contributed by atoms with van der Waals surface area (Å²) in [4.78, 5) is 0. The van der Waals surface area contributed by atoms with Gasteiger partial charge in [-0.1, -0.05) is 62.6 Å². The zero-order chi connectivity index (χ0) is 23.3. The van der Waals surface area contributed by atoms with Crippen LogP contribution in [-0.4, -0.2) is 44.1 Å². The van der Waals surface area contributed by atoms with Gasteiger partial charge in [0.1, 0.15) is 0 Å². The molecule has 4 aliphatic carbocycles. The van der Waals surface area contributed by atoms with Crippen LogP contribution in [-0.2, 0) is 0 Å². The van der Waals surface area contributed by atoms with Gasteiger partial charge in [-0.15, -0.1) is 0 Å². The molecule has 2 fully saturated rings. The van der Waals surface area contributed by atoms with Crippen molar-refractivity contribution < 1.29 is 15.3 Å². The molecule has 4 rings (SSSR count). The lowest BCUT2D eigenvalue weighted by Gasteiger charge is -2.56. The fourth-order valence-corrected chi connectivity index (χ4v) is 8.81. The van der Waals surface area contributed by atoms with E-state index in [0.29, 0.717) is 29.9 Å². The summed E-state index contributed by atoms with van der Waals surface area (Å²) in [5.74, 6) is 1.92. The molecule has 0 heterocycles. The first-order valence-electron chi connectivity index (χ1n) is 12.9. The van der Waals surface area contributed by atoms with Crippen LogP contribution in [0.3, 0.4) is 0 Å². The molecule has 0 amide bonds. The lowest BCUT2D eigenvalue weighted by atomic mass is 9.50. The summed E-state index contributed by atoms with van der Waals surface area (Å²) >= 11 is 2.01. The Morgan fingerprint density at radius 1 is 1.16 bits per heavy atom. The number of aliphatic hydroxyl groups is 3. The maximum absolute atomic E-state index is 11.1. The minimum atomic E-state index is -0.512. The van der Waals surface area contributed by atoms with E-state index >= 15 is 0 Å². The molecule has 4 aliphatic rings. The van der Waals surface area contributed by atoms with Crippen molar-refractivity contribution in [1.29, 1.82) is 0 Å². The monoisotopic (exact) mass is 460 g/mol. The Morgan fingerprint density at radius 3 is 2.56 bits per heavy atom. The molecule has 0 aromatic carbocycles. The zero-order valence-corrected chi connectivity index (χ0v) is 21.5. The SMILES string of the molecule is CCC(O)(CC)CCSC(C)C1=CC[C@H]2C3=CC=C4CC(O)CC(O)[C@]4(C)[C@H]3CC[C@]12C. The van der Waals surface area contributed by atoms with Gasteiger partial charge >= 0.3 is 0 Å². The fraction of sp³-hybridized carbons (Fsp3) is 0.786. The first-order valence-corrected chi connectivity index (χ1v) is 14.0. The van der Waals surface area contributed by atoms with Gasteiger partial charge in [0, 0.05) is 17.1 Å². The molecule has 3 N–H and O–H groups in total. The van der Waals surface area contributed by atoms with Gasteiger partial charge in [-0.3, -0.25) is 0 Å². The minimum Gasteiger partial charge on any atom is -0.393 e. The van der Waals surface area contributed by atoms with Gasteiger partial charge in [0.25, 0.3) is 0 Å². The van der Waals surface area contributed by atoms with Crippen molar-refractivity contribution in [2.45, 2.75) is 109 Å². The van der Waals surface area contributed by atoms with Crippen LogP contribution in [0.1, 0.15) is 86.0 Å². The molecule has 4 heteroatoms. The number of hydrogen-bond acceptors (Lipinski definition) is 4. The van der Waals surface area contributed by atoms with Crippen molar-refractivity contribution in [2.75, 3.05) is 5.75 Å². The first kappa shape index (κ1) is 24.6. The van der Waals surface area contributed by atoms with Crippen LogP contribution in [0.15, 0.2) is 34.9 Å². The summed E-state index contributed by atoms with van der Waals surface area (Å²) in [6.07, 6.45) is 13.3. The second-order valence-electron chi connectivity index (χ2n) is 11.4. The largest absolute Gasteiger partial charge is 0.393 e. The maximum Gasteiger partial charge on any atom is 0.0661 e. The molecule has 3 nitrogen and oxygen atoms in total. The van der Waals surface area contributed by atoms with Crippen LogP contribution in [0, 0.1) is 22.7 Å². The first-order chi connectivity index (χ1) is 15.1. The van der Waals surface area contributed by atoms with E-state index in [1.54, 1.807) is 5.57 Å². The van der Waals surface area contributed by atoms with Crippen LogP contribution >= 0.6 is 11.8 Å². The molecule has 0 spiro atoms. The third kappa shape index (κ3) is 3.87. The van der Waals surface area contributed by atoms with Crippen LogP contribution in [0.5, 0.6) is 0 Å². The number of hydrogen-bond donors (Lipinski definition) is 3. The topological polar surface area (TPSA) is 60.7 Å². The number of fused-ring (bicyclic) bond motifs is 5. The van der Waals surface area contributed by atoms with Crippen molar-refractivity contribution >= 4 is 11.8 Å². The fourth-order valence-electron chi connectivity index (χ4n) is 7.42. The van der Waals surface area contributed by atoms with Gasteiger partial charge in [-0.05, 0) is 74.9 Å². The summed E-state index contributed by atoms with van der Waals surface area (Å²) in [6, 6.07) is 0. The molecule has 32 heavy (non-hydrogen) atoms. The van der Waals surface area contributed by atoms with Gasteiger partial charge in [0.15, 0.2) is 0 Å². The molecule has 0 aromatic rings. The Morgan fingerprint density at radius 2 is 1.88 bits per heavy atom. The molecule has 0 radical (unpaired) electrons. The van der Waals surface area contributed by atoms with E-state index in [-0.39, 0.29) is 10.8 Å². The summed E-state index contributed by atoms with van der Waals surface area (Å²) in [7, 11) is 0. The summed E-state index contributed by atoms with van der Waals surface area (Å²) < 4.78 is 0. The smallest absolute Gasteiger partial charge is 0.0661 e. The van der Waals surface area contributed by atoms with Gasteiger partial charge in [-0.25, -0.2) is 0 Å². The van der Waals surface area contributed by atoms with Crippen molar-refractivity contribution in [3.8, 4) is 0 Å². The zero-order valence-electron chi connectivity index (χ0n) is 20.7. The summed E-state index contributed by atoms with van der Waals surface area (Å²) in [5, 5.41) is 32.4. The highest BCUT2D eigenvalue weighted by atomic mass is 32.2. The highest BCUT2D eigenvalue weighted by Gasteiger charge is 2.57. The van der Waals surface area contributed by atoms with Gasteiger partial charge in [-0.2, -0.15) is 11.8 Å². The molecule has 3 unspecified atom stereocenters. The number of aliphatic hydroxyl groups excluding tert-OH is 2. The standard InChI is InChI=1S/C28H44O3S/c1-6-28(31,7-2)14-15-32-18(3)22-10-11-23-21-9-8-19-16-20(29)17-25(30)27(19,5)24(21)12-13-26(22,23)4/h8-10,18,20,23-25,29-31H,6-7,11-17H2,1-5H3/t18?,20?,23-,24-,25?,26+,27-/m0/s1. The van der Waals surface area contributed by atoms with Crippen LogP contribution < -0.4 is 0 Å². The summed E-state index contributed by atoms with van der Waals surface area (Å²) in [5.41, 5.74) is 3.84. The highest BCUT2D eigenvalue weighted by molar-refractivity contribution is 8.00. The van der Waals surface area contributed by atoms with Crippen molar-refractivity contribution in [3.05, 3.63) is 34.9 Å². The van der Waals surface area contributed by atoms with Crippen molar-refractivity contribution in [3.63, 3.8) is 0 Å². The molecular formula is C28H44O3S. The van der Waals surface area contributed by atoms with E-state index in [4.69, 9.17) is 0 Å². The molecular weight excluding hydrogens is 416 g/mol. The molecule has 0 aliphatic heterocycles. The van der Waals surface area contributed by atoms with Crippen molar-refractivity contribution in [1.82, 2.24) is 0 Å². The molecule has 0 aromatic heterocycles. The van der Waals surface area contributed by atoms with E-state index in [1.807, 2.05) is 11.8 Å². The minimum absolute atomic E-state index is 0.196. The molecule has 0 saturated heterocycles. The Hall–Kier alpha value is -0.550. The van der Waals surface area contributed by atoms with Gasteiger partial charge in [0.2, 0.25) is 0 Å². The van der Waals surface area contributed by atoms with E-state index in [2.05, 4.69) is 52.8 Å². The molecule has 180 valence electrons.